The molecule has 0 saturated carbocycles. The van der Waals surface area contributed by atoms with E-state index in [0.29, 0.717) is 12.2 Å². The fraction of sp³-hybridized carbons (Fsp3) is 0.462. The van der Waals surface area contributed by atoms with E-state index in [4.69, 9.17) is 10.5 Å². The molecule has 0 heterocycles. The molecule has 1 atom stereocenters. The van der Waals surface area contributed by atoms with Crippen LogP contribution in [0.25, 0.3) is 0 Å². The SMILES string of the molecule is CCCC[C@H](N)C(=O)Nc1cc(OC)ccc1F. The standard InChI is InChI=1S/C13H19FN2O2/c1-3-4-5-11(15)13(17)16-12-8-9(18-2)6-7-10(12)14/h6-8,11H,3-5,15H2,1-2H3,(H,16,17)/t11-/m0/s1. The molecule has 18 heavy (non-hydrogen) atoms. The van der Waals surface area contributed by atoms with Gasteiger partial charge in [-0.2, -0.15) is 0 Å². The topological polar surface area (TPSA) is 64.4 Å². The van der Waals surface area contributed by atoms with Crippen molar-refractivity contribution in [2.45, 2.75) is 32.2 Å². The lowest BCUT2D eigenvalue weighted by molar-refractivity contribution is -0.117. The zero-order valence-corrected chi connectivity index (χ0v) is 10.7. The average molecular weight is 254 g/mol. The number of carbonyl (C=O) groups excluding carboxylic acids is 1. The minimum atomic E-state index is -0.615. The first-order valence-corrected chi connectivity index (χ1v) is 5.98. The lowest BCUT2D eigenvalue weighted by atomic mass is 10.1. The Morgan fingerprint density at radius 2 is 2.28 bits per heavy atom. The second-order valence-corrected chi connectivity index (χ2v) is 4.08. The first kappa shape index (κ1) is 14.4. The summed E-state index contributed by atoms with van der Waals surface area (Å²) in [5, 5.41) is 2.47. The maximum absolute atomic E-state index is 13.5. The van der Waals surface area contributed by atoms with Crippen molar-refractivity contribution in [3.63, 3.8) is 0 Å². The number of halogens is 1. The Balaban J connectivity index is 2.68. The van der Waals surface area contributed by atoms with Crippen LogP contribution in [-0.4, -0.2) is 19.1 Å². The fourth-order valence-electron chi connectivity index (χ4n) is 1.51. The summed E-state index contributed by atoms with van der Waals surface area (Å²) in [5.74, 6) is -0.406. The quantitative estimate of drug-likeness (QED) is 0.818. The van der Waals surface area contributed by atoms with Gasteiger partial charge in [0.15, 0.2) is 0 Å². The second kappa shape index (κ2) is 6.96. The third-order valence-electron chi connectivity index (χ3n) is 2.64. The number of anilines is 1. The Labute approximate surface area is 106 Å². The zero-order chi connectivity index (χ0) is 13.5. The summed E-state index contributed by atoms with van der Waals surface area (Å²) in [6, 6.07) is 3.55. The lowest BCUT2D eigenvalue weighted by Crippen LogP contribution is -2.35. The van der Waals surface area contributed by atoms with E-state index in [1.807, 2.05) is 6.92 Å². The molecular weight excluding hydrogens is 235 g/mol. The van der Waals surface area contributed by atoms with Crippen LogP contribution in [0.4, 0.5) is 10.1 Å². The summed E-state index contributed by atoms with van der Waals surface area (Å²) in [6.45, 7) is 2.02. The maximum Gasteiger partial charge on any atom is 0.241 e. The molecule has 0 aromatic heterocycles. The number of methoxy groups -OCH3 is 1. The molecule has 100 valence electrons. The first-order valence-electron chi connectivity index (χ1n) is 5.98. The van der Waals surface area contributed by atoms with E-state index >= 15 is 0 Å². The summed E-state index contributed by atoms with van der Waals surface area (Å²) < 4.78 is 18.4. The van der Waals surface area contributed by atoms with Crippen LogP contribution >= 0.6 is 0 Å². The minimum absolute atomic E-state index is 0.0892. The number of nitrogens with one attached hydrogen (secondary N) is 1. The van der Waals surface area contributed by atoms with E-state index in [9.17, 15) is 9.18 Å². The van der Waals surface area contributed by atoms with Gasteiger partial charge in [-0.15, -0.1) is 0 Å². The fourth-order valence-corrected chi connectivity index (χ4v) is 1.51. The summed E-state index contributed by atoms with van der Waals surface area (Å²) in [5.41, 5.74) is 5.80. The van der Waals surface area contributed by atoms with Gasteiger partial charge in [-0.1, -0.05) is 19.8 Å². The van der Waals surface area contributed by atoms with E-state index in [1.165, 1.54) is 25.3 Å². The monoisotopic (exact) mass is 254 g/mol. The number of amides is 1. The van der Waals surface area contributed by atoms with Crippen LogP contribution in [0.2, 0.25) is 0 Å². The Bertz CT molecular complexity index is 410. The molecule has 4 nitrogen and oxygen atoms in total. The van der Waals surface area contributed by atoms with Crippen molar-refractivity contribution in [3.8, 4) is 5.75 Å². The average Bonchev–Trinajstić information content (AvgIpc) is 2.38. The number of carbonyl (C=O) groups is 1. The van der Waals surface area contributed by atoms with Gasteiger partial charge in [0.1, 0.15) is 11.6 Å². The van der Waals surface area contributed by atoms with Gasteiger partial charge in [-0.05, 0) is 18.6 Å². The predicted octanol–water partition coefficient (Wildman–Crippen LogP) is 2.29. The Morgan fingerprint density at radius 1 is 1.56 bits per heavy atom. The molecule has 1 amide bonds. The molecule has 0 bridgehead atoms. The molecule has 0 fully saturated rings. The number of hydrogen-bond donors (Lipinski definition) is 2. The molecule has 5 heteroatoms. The zero-order valence-electron chi connectivity index (χ0n) is 10.7. The molecule has 0 saturated heterocycles. The molecule has 0 spiro atoms. The van der Waals surface area contributed by atoms with Crippen LogP contribution in [0.1, 0.15) is 26.2 Å². The normalized spacial score (nSPS) is 12.0. The summed E-state index contributed by atoms with van der Waals surface area (Å²) in [6.07, 6.45) is 2.43. The van der Waals surface area contributed by atoms with Crippen LogP contribution in [-0.2, 0) is 4.79 Å². The van der Waals surface area contributed by atoms with Gasteiger partial charge in [-0.3, -0.25) is 4.79 Å². The smallest absolute Gasteiger partial charge is 0.241 e. The van der Waals surface area contributed by atoms with E-state index in [-0.39, 0.29) is 11.6 Å². The van der Waals surface area contributed by atoms with E-state index in [2.05, 4.69) is 5.32 Å². The van der Waals surface area contributed by atoms with Crippen molar-refractivity contribution in [1.29, 1.82) is 0 Å². The van der Waals surface area contributed by atoms with Crippen LogP contribution in [0.3, 0.4) is 0 Å². The van der Waals surface area contributed by atoms with Gasteiger partial charge < -0.3 is 15.8 Å². The summed E-state index contributed by atoms with van der Waals surface area (Å²) in [7, 11) is 1.48. The van der Waals surface area contributed by atoms with Crippen LogP contribution in [0, 0.1) is 5.82 Å². The van der Waals surface area contributed by atoms with E-state index in [0.717, 1.165) is 12.8 Å². The van der Waals surface area contributed by atoms with Gasteiger partial charge in [0.2, 0.25) is 5.91 Å². The summed E-state index contributed by atoms with van der Waals surface area (Å²) in [4.78, 5) is 11.7. The lowest BCUT2D eigenvalue weighted by Gasteiger charge is -2.13. The summed E-state index contributed by atoms with van der Waals surface area (Å²) >= 11 is 0. The molecule has 0 aliphatic heterocycles. The Morgan fingerprint density at radius 3 is 2.89 bits per heavy atom. The van der Waals surface area contributed by atoms with Crippen LogP contribution < -0.4 is 15.8 Å². The molecule has 1 aromatic rings. The van der Waals surface area contributed by atoms with Crippen molar-refractivity contribution in [2.75, 3.05) is 12.4 Å². The molecule has 0 aliphatic carbocycles. The number of unbranched alkanes of at least 4 members (excludes halogenated alkanes) is 1. The number of ether oxygens (including phenoxy) is 1. The molecular formula is C13H19FN2O2. The molecule has 0 unspecified atom stereocenters. The predicted molar refractivity (Wildman–Crippen MR) is 69.1 cm³/mol. The maximum atomic E-state index is 13.5. The van der Waals surface area contributed by atoms with Gasteiger partial charge in [0.05, 0.1) is 18.8 Å². The van der Waals surface area contributed by atoms with E-state index in [1.54, 1.807) is 0 Å². The highest BCUT2D eigenvalue weighted by Gasteiger charge is 2.15. The highest BCUT2D eigenvalue weighted by Crippen LogP contribution is 2.21. The third-order valence-corrected chi connectivity index (χ3v) is 2.64. The van der Waals surface area contributed by atoms with Crippen LogP contribution in [0.5, 0.6) is 5.75 Å². The molecule has 1 aromatic carbocycles. The molecule has 1 rings (SSSR count). The number of rotatable bonds is 6. The highest BCUT2D eigenvalue weighted by atomic mass is 19.1. The van der Waals surface area contributed by atoms with Crippen molar-refractivity contribution >= 4 is 11.6 Å². The van der Waals surface area contributed by atoms with Gasteiger partial charge in [0, 0.05) is 6.07 Å². The minimum Gasteiger partial charge on any atom is -0.497 e. The van der Waals surface area contributed by atoms with Crippen LogP contribution in [0.15, 0.2) is 18.2 Å². The molecule has 3 N–H and O–H groups in total. The number of hydrogen-bond acceptors (Lipinski definition) is 3. The van der Waals surface area contributed by atoms with Crippen molar-refractivity contribution in [2.24, 2.45) is 5.73 Å². The van der Waals surface area contributed by atoms with Crippen molar-refractivity contribution < 1.29 is 13.9 Å². The number of benzene rings is 1. The van der Waals surface area contributed by atoms with Crippen molar-refractivity contribution in [1.82, 2.24) is 0 Å². The van der Waals surface area contributed by atoms with Gasteiger partial charge >= 0.3 is 0 Å². The second-order valence-electron chi connectivity index (χ2n) is 4.08. The van der Waals surface area contributed by atoms with Gasteiger partial charge in [-0.25, -0.2) is 4.39 Å². The Kier molecular flexibility index (Phi) is 5.58. The highest BCUT2D eigenvalue weighted by molar-refractivity contribution is 5.94. The molecule has 0 radical (unpaired) electrons. The Hall–Kier alpha value is -1.62. The first-order chi connectivity index (χ1) is 8.58. The largest absolute Gasteiger partial charge is 0.497 e. The van der Waals surface area contributed by atoms with Crippen molar-refractivity contribution in [3.05, 3.63) is 24.0 Å². The molecule has 0 aliphatic rings. The van der Waals surface area contributed by atoms with Gasteiger partial charge in [0.25, 0.3) is 0 Å². The number of nitrogens with two attached hydrogens (primary N) is 1. The van der Waals surface area contributed by atoms with E-state index < -0.39 is 11.9 Å². The third kappa shape index (κ3) is 4.00.